The lowest BCUT2D eigenvalue weighted by Gasteiger charge is -2.17. The largest absolute Gasteiger partial charge is 0.391 e. The number of nitrogens with zero attached hydrogens (tertiary/aromatic N) is 3. The minimum absolute atomic E-state index is 0.0295. The molecule has 1 aromatic carbocycles. The molecule has 1 N–H and O–H groups in total. The summed E-state index contributed by atoms with van der Waals surface area (Å²) in [4.78, 5) is 12.2. The number of rotatable bonds is 2. The quantitative estimate of drug-likeness (QED) is 0.608. The van der Waals surface area contributed by atoms with Crippen molar-refractivity contribution < 1.29 is 10.0 Å². The van der Waals surface area contributed by atoms with Crippen molar-refractivity contribution in [3.05, 3.63) is 33.9 Å². The zero-order chi connectivity index (χ0) is 12.4. The Morgan fingerprint density at radius 1 is 1.59 bits per heavy atom. The summed E-state index contributed by atoms with van der Waals surface area (Å²) in [5, 5.41) is 29.1. The first-order valence-corrected chi connectivity index (χ1v) is 5.23. The van der Waals surface area contributed by atoms with Gasteiger partial charge in [-0.1, -0.05) is 0 Å². The first kappa shape index (κ1) is 11.4. The van der Waals surface area contributed by atoms with Crippen molar-refractivity contribution in [3.8, 4) is 6.07 Å². The number of hydrogen-bond acceptors (Lipinski definition) is 5. The molecule has 17 heavy (non-hydrogen) atoms. The summed E-state index contributed by atoms with van der Waals surface area (Å²) in [5.74, 6) is 0. The molecule has 2 rings (SSSR count). The Hall–Kier alpha value is -2.13. The topological polar surface area (TPSA) is 90.4 Å². The van der Waals surface area contributed by atoms with Crippen LogP contribution in [0.15, 0.2) is 18.2 Å². The van der Waals surface area contributed by atoms with Crippen LogP contribution in [0, 0.1) is 21.4 Å². The summed E-state index contributed by atoms with van der Waals surface area (Å²) in [6.45, 7) is 0.937. The fourth-order valence-corrected chi connectivity index (χ4v) is 1.96. The van der Waals surface area contributed by atoms with Gasteiger partial charge in [-0.2, -0.15) is 5.26 Å². The minimum Gasteiger partial charge on any atom is -0.391 e. The minimum atomic E-state index is -0.471. The summed E-state index contributed by atoms with van der Waals surface area (Å²) in [5.41, 5.74) is 0.760. The van der Waals surface area contributed by atoms with Crippen LogP contribution in [-0.4, -0.2) is 29.2 Å². The van der Waals surface area contributed by atoms with Gasteiger partial charge in [-0.05, 0) is 18.6 Å². The van der Waals surface area contributed by atoms with Crippen LogP contribution in [0.3, 0.4) is 0 Å². The first-order valence-electron chi connectivity index (χ1n) is 5.23. The normalized spacial score (nSPS) is 19.1. The molecule has 0 radical (unpaired) electrons. The third kappa shape index (κ3) is 2.19. The molecule has 1 aromatic rings. The van der Waals surface area contributed by atoms with Crippen molar-refractivity contribution >= 4 is 11.4 Å². The Labute approximate surface area is 97.8 Å². The highest BCUT2D eigenvalue weighted by atomic mass is 16.6. The van der Waals surface area contributed by atoms with Gasteiger partial charge in [-0.15, -0.1) is 0 Å². The first-order chi connectivity index (χ1) is 8.11. The summed E-state index contributed by atoms with van der Waals surface area (Å²) in [7, 11) is 0. The second kappa shape index (κ2) is 4.39. The zero-order valence-corrected chi connectivity index (χ0v) is 9.04. The van der Waals surface area contributed by atoms with E-state index in [0.29, 0.717) is 30.8 Å². The molecule has 1 aliphatic rings. The Bertz CT molecular complexity index is 495. The molecule has 1 heterocycles. The van der Waals surface area contributed by atoms with Gasteiger partial charge in [-0.3, -0.25) is 10.1 Å². The van der Waals surface area contributed by atoms with E-state index in [9.17, 15) is 15.2 Å². The van der Waals surface area contributed by atoms with E-state index in [1.807, 2.05) is 6.07 Å². The molecule has 0 amide bonds. The molecular formula is C11H11N3O3. The molecule has 88 valence electrons. The number of anilines is 1. The number of nitriles is 1. The van der Waals surface area contributed by atoms with Crippen molar-refractivity contribution in [2.24, 2.45) is 0 Å². The predicted molar refractivity (Wildman–Crippen MR) is 60.6 cm³/mol. The fourth-order valence-electron chi connectivity index (χ4n) is 1.96. The van der Waals surface area contributed by atoms with Gasteiger partial charge in [0.15, 0.2) is 0 Å². The molecule has 0 saturated carbocycles. The average Bonchev–Trinajstić information content (AvgIpc) is 2.75. The lowest BCUT2D eigenvalue weighted by atomic mass is 10.1. The second-order valence-electron chi connectivity index (χ2n) is 3.96. The number of β-amino-alcohol motifs (C(OH)–C–C–N with tert-alkyl or cyclic N) is 1. The highest BCUT2D eigenvalue weighted by Gasteiger charge is 2.26. The number of nitro groups is 1. The molecule has 0 bridgehead atoms. The van der Waals surface area contributed by atoms with E-state index in [0.717, 1.165) is 0 Å². The van der Waals surface area contributed by atoms with Crippen molar-refractivity contribution in [1.29, 1.82) is 5.26 Å². The molecular weight excluding hydrogens is 222 g/mol. The summed E-state index contributed by atoms with van der Waals surface area (Å²) in [6, 6.07) is 6.21. The molecule has 0 spiro atoms. The predicted octanol–water partition coefficient (Wildman–Crippen LogP) is 1.04. The molecule has 0 aliphatic carbocycles. The van der Waals surface area contributed by atoms with E-state index in [-0.39, 0.29) is 5.69 Å². The third-order valence-corrected chi connectivity index (χ3v) is 2.81. The number of hydrogen-bond donors (Lipinski definition) is 1. The number of benzene rings is 1. The Balaban J connectivity index is 2.42. The van der Waals surface area contributed by atoms with Crippen LogP contribution in [0.2, 0.25) is 0 Å². The van der Waals surface area contributed by atoms with Crippen LogP contribution in [0.1, 0.15) is 12.0 Å². The van der Waals surface area contributed by atoms with Crippen LogP contribution in [-0.2, 0) is 0 Å². The maximum atomic E-state index is 10.9. The van der Waals surface area contributed by atoms with E-state index in [1.54, 1.807) is 4.90 Å². The SMILES string of the molecule is N#Cc1ccc([N+](=O)[O-])c(N2CC[C@H](O)C2)c1. The van der Waals surface area contributed by atoms with Gasteiger partial charge in [0, 0.05) is 19.2 Å². The lowest BCUT2D eigenvalue weighted by Crippen LogP contribution is -2.22. The van der Waals surface area contributed by atoms with Gasteiger partial charge in [0.25, 0.3) is 5.69 Å². The van der Waals surface area contributed by atoms with Crippen molar-refractivity contribution in [2.75, 3.05) is 18.0 Å². The van der Waals surface area contributed by atoms with Gasteiger partial charge >= 0.3 is 0 Å². The molecule has 1 atom stereocenters. The highest BCUT2D eigenvalue weighted by molar-refractivity contribution is 5.66. The van der Waals surface area contributed by atoms with E-state index < -0.39 is 11.0 Å². The maximum Gasteiger partial charge on any atom is 0.292 e. The van der Waals surface area contributed by atoms with Gasteiger partial charge in [-0.25, -0.2) is 0 Å². The van der Waals surface area contributed by atoms with Gasteiger partial charge in [0.1, 0.15) is 5.69 Å². The highest BCUT2D eigenvalue weighted by Crippen LogP contribution is 2.31. The smallest absolute Gasteiger partial charge is 0.292 e. The number of aliphatic hydroxyl groups excluding tert-OH is 1. The summed E-state index contributed by atoms with van der Waals surface area (Å²) >= 11 is 0. The van der Waals surface area contributed by atoms with Crippen LogP contribution < -0.4 is 4.90 Å². The number of nitro benzene ring substituents is 1. The standard InChI is InChI=1S/C11H11N3O3/c12-6-8-1-2-10(14(16)17)11(5-8)13-4-3-9(15)7-13/h1-2,5,9,15H,3-4,7H2/t9-/m0/s1. The van der Waals surface area contributed by atoms with Crippen molar-refractivity contribution in [2.45, 2.75) is 12.5 Å². The van der Waals surface area contributed by atoms with E-state index >= 15 is 0 Å². The second-order valence-corrected chi connectivity index (χ2v) is 3.96. The molecule has 1 saturated heterocycles. The molecule has 0 aromatic heterocycles. The molecule has 1 fully saturated rings. The lowest BCUT2D eigenvalue weighted by molar-refractivity contribution is -0.384. The fraction of sp³-hybridized carbons (Fsp3) is 0.364. The van der Waals surface area contributed by atoms with Crippen molar-refractivity contribution in [3.63, 3.8) is 0 Å². The van der Waals surface area contributed by atoms with E-state index in [1.165, 1.54) is 18.2 Å². The monoisotopic (exact) mass is 233 g/mol. The van der Waals surface area contributed by atoms with Crippen molar-refractivity contribution in [1.82, 2.24) is 0 Å². The molecule has 0 unspecified atom stereocenters. The summed E-state index contributed by atoms with van der Waals surface area (Å²) in [6.07, 6.45) is 0.133. The van der Waals surface area contributed by atoms with Gasteiger partial charge in [0.05, 0.1) is 22.7 Å². The average molecular weight is 233 g/mol. The van der Waals surface area contributed by atoms with Gasteiger partial charge in [0.2, 0.25) is 0 Å². The molecule has 6 nitrogen and oxygen atoms in total. The van der Waals surface area contributed by atoms with E-state index in [2.05, 4.69) is 0 Å². The van der Waals surface area contributed by atoms with E-state index in [4.69, 9.17) is 5.26 Å². The Morgan fingerprint density at radius 3 is 2.88 bits per heavy atom. The van der Waals surface area contributed by atoms with Crippen LogP contribution in [0.25, 0.3) is 0 Å². The van der Waals surface area contributed by atoms with Crippen LogP contribution in [0.4, 0.5) is 11.4 Å². The van der Waals surface area contributed by atoms with Gasteiger partial charge < -0.3 is 10.0 Å². The molecule has 1 aliphatic heterocycles. The zero-order valence-electron chi connectivity index (χ0n) is 9.04. The third-order valence-electron chi connectivity index (χ3n) is 2.81. The number of aliphatic hydroxyl groups is 1. The Kier molecular flexibility index (Phi) is 2.93. The maximum absolute atomic E-state index is 10.9. The Morgan fingerprint density at radius 2 is 2.35 bits per heavy atom. The van der Waals surface area contributed by atoms with Crippen LogP contribution in [0.5, 0.6) is 0 Å². The molecule has 6 heteroatoms. The summed E-state index contributed by atoms with van der Waals surface area (Å²) < 4.78 is 0. The van der Waals surface area contributed by atoms with Crippen LogP contribution >= 0.6 is 0 Å².